The number of benzene rings is 2. The number of hydrogen-bond donors (Lipinski definition) is 4. The molecule has 142 valence electrons. The second-order valence-electron chi connectivity index (χ2n) is 6.36. The van der Waals surface area contributed by atoms with Gasteiger partial charge in [-0.25, -0.2) is 4.39 Å². The number of hydrogen-bond acceptors (Lipinski definition) is 5. The van der Waals surface area contributed by atoms with Crippen molar-refractivity contribution in [3.63, 3.8) is 0 Å². The van der Waals surface area contributed by atoms with Crippen LogP contribution >= 0.6 is 0 Å². The van der Waals surface area contributed by atoms with E-state index in [0.29, 0.717) is 44.7 Å². The molecule has 2 aromatic carbocycles. The molecule has 0 saturated carbocycles. The summed E-state index contributed by atoms with van der Waals surface area (Å²) in [7, 11) is 0. The van der Waals surface area contributed by atoms with E-state index >= 15 is 0 Å². The lowest BCUT2D eigenvalue weighted by Crippen LogP contribution is -2.27. The molecular weight excluding hydrogens is 361 g/mol. The van der Waals surface area contributed by atoms with Crippen molar-refractivity contribution in [2.75, 3.05) is 18.5 Å². The average molecular weight is 379 g/mol. The molecule has 1 aliphatic rings. The summed E-state index contributed by atoms with van der Waals surface area (Å²) < 4.78 is 14.6. The third-order valence-corrected chi connectivity index (χ3v) is 4.48. The molecule has 0 bridgehead atoms. The van der Waals surface area contributed by atoms with Crippen LogP contribution in [0.4, 0.5) is 10.1 Å². The smallest absolute Gasteiger partial charge is 0.253 e. The van der Waals surface area contributed by atoms with E-state index in [0.717, 1.165) is 0 Å². The molecule has 4 rings (SSSR count). The fourth-order valence-electron chi connectivity index (χ4n) is 3.20. The molecule has 0 radical (unpaired) electrons. The predicted molar refractivity (Wildman–Crippen MR) is 105 cm³/mol. The van der Waals surface area contributed by atoms with Gasteiger partial charge in [-0.15, -0.1) is 0 Å². The lowest BCUT2D eigenvalue weighted by atomic mass is 9.95. The highest BCUT2D eigenvalue weighted by Crippen LogP contribution is 2.34. The second-order valence-corrected chi connectivity index (χ2v) is 6.36. The van der Waals surface area contributed by atoms with E-state index in [-0.39, 0.29) is 19.1 Å². The van der Waals surface area contributed by atoms with Crippen LogP contribution in [0.1, 0.15) is 28.4 Å². The molecule has 4 N–H and O–H groups in total. The fraction of sp³-hybridized carbons (Fsp3) is 0.150. The number of aromatic amines is 1. The summed E-state index contributed by atoms with van der Waals surface area (Å²) in [6.07, 6.45) is 3.34. The van der Waals surface area contributed by atoms with Gasteiger partial charge in [0.05, 0.1) is 41.0 Å². The Morgan fingerprint density at radius 3 is 2.89 bits per heavy atom. The molecule has 1 aliphatic heterocycles. The van der Waals surface area contributed by atoms with E-state index in [1.807, 2.05) is 0 Å². The van der Waals surface area contributed by atoms with Crippen LogP contribution in [0.3, 0.4) is 0 Å². The van der Waals surface area contributed by atoms with Crippen molar-refractivity contribution >= 4 is 28.2 Å². The lowest BCUT2D eigenvalue weighted by Gasteiger charge is -2.15. The zero-order chi connectivity index (χ0) is 19.7. The summed E-state index contributed by atoms with van der Waals surface area (Å²) in [5, 5.41) is 22.4. The van der Waals surface area contributed by atoms with E-state index in [9.17, 15) is 9.18 Å². The van der Waals surface area contributed by atoms with Crippen molar-refractivity contribution in [2.45, 2.75) is 6.92 Å². The number of nitrogens with one attached hydrogen (secondary N) is 3. The number of aromatic nitrogens is 2. The Balaban J connectivity index is 1.98. The number of aliphatic imine (C=N–C) groups is 1. The minimum absolute atomic E-state index is 0.124. The number of carbonyl (C=O) groups is 1. The number of rotatable bonds is 4. The number of allylic oxidation sites excluding steroid dienone is 1. The van der Waals surface area contributed by atoms with Gasteiger partial charge in [0.15, 0.2) is 0 Å². The SMILES string of the molecule is CC1=CNc2c(cc(C(=O)NCCO)c3[nH]ncc23)C(c2ccccc2F)=N1. The van der Waals surface area contributed by atoms with Gasteiger partial charge in [0.1, 0.15) is 5.82 Å². The lowest BCUT2D eigenvalue weighted by molar-refractivity contribution is 0.0946. The van der Waals surface area contributed by atoms with E-state index in [2.05, 4.69) is 25.8 Å². The molecule has 0 fully saturated rings. The standard InChI is InChI=1S/C20H18FN5O2/c1-11-9-23-17-13(18(25-11)12-4-2-3-5-16(12)21)8-14(20(28)22-6-7-27)19-15(17)10-24-26-19/h2-5,8-10,23,27H,6-7H2,1H3,(H,22,28)(H,24,26). The number of aliphatic hydroxyl groups is 1. The van der Waals surface area contributed by atoms with Gasteiger partial charge in [0.2, 0.25) is 0 Å². The number of fused-ring (bicyclic) bond motifs is 3. The normalized spacial score (nSPS) is 13.2. The Labute approximate surface area is 160 Å². The van der Waals surface area contributed by atoms with Crippen molar-refractivity contribution < 1.29 is 14.3 Å². The van der Waals surface area contributed by atoms with Crippen LogP contribution in [-0.2, 0) is 0 Å². The van der Waals surface area contributed by atoms with E-state index in [1.165, 1.54) is 6.07 Å². The zero-order valence-electron chi connectivity index (χ0n) is 15.1. The van der Waals surface area contributed by atoms with Crippen molar-refractivity contribution in [2.24, 2.45) is 4.99 Å². The number of aliphatic hydroxyl groups excluding tert-OH is 1. The largest absolute Gasteiger partial charge is 0.395 e. The Bertz CT molecular complexity index is 1130. The molecule has 1 aromatic heterocycles. The molecular formula is C20H18FN5O2. The maximum atomic E-state index is 14.6. The first-order chi connectivity index (χ1) is 13.6. The quantitative estimate of drug-likeness (QED) is 0.559. The summed E-state index contributed by atoms with van der Waals surface area (Å²) in [6, 6.07) is 8.04. The summed E-state index contributed by atoms with van der Waals surface area (Å²) in [5.41, 5.74) is 3.57. The minimum atomic E-state index is -0.402. The molecule has 0 spiro atoms. The maximum Gasteiger partial charge on any atom is 0.253 e. The van der Waals surface area contributed by atoms with Crippen LogP contribution < -0.4 is 10.6 Å². The molecule has 7 nitrogen and oxygen atoms in total. The highest BCUT2D eigenvalue weighted by Gasteiger charge is 2.24. The van der Waals surface area contributed by atoms with Crippen molar-refractivity contribution in [3.8, 4) is 0 Å². The average Bonchev–Trinajstić information content (AvgIpc) is 3.12. The van der Waals surface area contributed by atoms with Gasteiger partial charge < -0.3 is 15.7 Å². The summed E-state index contributed by atoms with van der Waals surface area (Å²) in [5.74, 6) is -0.770. The van der Waals surface area contributed by atoms with Crippen LogP contribution in [0.25, 0.3) is 10.9 Å². The Morgan fingerprint density at radius 2 is 2.11 bits per heavy atom. The summed E-state index contributed by atoms with van der Waals surface area (Å²) >= 11 is 0. The third-order valence-electron chi connectivity index (χ3n) is 4.48. The van der Waals surface area contributed by atoms with Crippen LogP contribution in [0.2, 0.25) is 0 Å². The first-order valence-electron chi connectivity index (χ1n) is 8.76. The second kappa shape index (κ2) is 7.24. The molecule has 8 heteroatoms. The van der Waals surface area contributed by atoms with Gasteiger partial charge in [0.25, 0.3) is 5.91 Å². The third kappa shape index (κ3) is 3.03. The molecule has 3 aromatic rings. The molecule has 0 aliphatic carbocycles. The van der Waals surface area contributed by atoms with Gasteiger partial charge in [-0.1, -0.05) is 12.1 Å². The number of halogens is 1. The Hall–Kier alpha value is -3.52. The van der Waals surface area contributed by atoms with Crippen molar-refractivity contribution in [1.82, 2.24) is 15.5 Å². The molecule has 28 heavy (non-hydrogen) atoms. The topological polar surface area (TPSA) is 102 Å². The fourth-order valence-corrected chi connectivity index (χ4v) is 3.20. The summed E-state index contributed by atoms with van der Waals surface area (Å²) in [4.78, 5) is 17.2. The summed E-state index contributed by atoms with van der Waals surface area (Å²) in [6.45, 7) is 1.76. The van der Waals surface area contributed by atoms with Gasteiger partial charge in [-0.3, -0.25) is 14.9 Å². The van der Waals surface area contributed by atoms with Crippen LogP contribution in [-0.4, -0.2) is 40.1 Å². The maximum absolute atomic E-state index is 14.6. The van der Waals surface area contributed by atoms with Crippen molar-refractivity contribution in [3.05, 3.63) is 70.9 Å². The van der Waals surface area contributed by atoms with E-state index < -0.39 is 5.82 Å². The van der Waals surface area contributed by atoms with Gasteiger partial charge in [-0.2, -0.15) is 5.10 Å². The number of anilines is 1. The molecule has 1 amide bonds. The van der Waals surface area contributed by atoms with Crippen LogP contribution in [0.15, 0.2) is 53.4 Å². The number of nitrogens with zero attached hydrogens (tertiary/aromatic N) is 2. The van der Waals surface area contributed by atoms with E-state index in [1.54, 1.807) is 43.6 Å². The minimum Gasteiger partial charge on any atom is -0.395 e. The molecule has 2 heterocycles. The Kier molecular flexibility index (Phi) is 4.62. The molecule has 0 atom stereocenters. The first-order valence-corrected chi connectivity index (χ1v) is 8.76. The highest BCUT2D eigenvalue weighted by atomic mass is 19.1. The van der Waals surface area contributed by atoms with E-state index in [4.69, 9.17) is 5.11 Å². The van der Waals surface area contributed by atoms with Crippen LogP contribution in [0.5, 0.6) is 0 Å². The molecule has 0 unspecified atom stereocenters. The van der Waals surface area contributed by atoms with Gasteiger partial charge in [-0.05, 0) is 25.1 Å². The van der Waals surface area contributed by atoms with Gasteiger partial charge in [0, 0.05) is 29.3 Å². The zero-order valence-corrected chi connectivity index (χ0v) is 15.1. The predicted octanol–water partition coefficient (Wildman–Crippen LogP) is 2.55. The van der Waals surface area contributed by atoms with Gasteiger partial charge >= 0.3 is 0 Å². The van der Waals surface area contributed by atoms with Crippen molar-refractivity contribution in [1.29, 1.82) is 0 Å². The number of H-pyrrole nitrogens is 1. The molecule has 0 saturated heterocycles. The monoisotopic (exact) mass is 379 g/mol. The highest BCUT2D eigenvalue weighted by molar-refractivity contribution is 6.22. The van der Waals surface area contributed by atoms with Crippen LogP contribution in [0, 0.1) is 5.82 Å². The number of carbonyl (C=O) groups excluding carboxylic acids is 1. The number of amides is 1. The first kappa shape index (κ1) is 17.9. The Morgan fingerprint density at radius 1 is 1.29 bits per heavy atom.